The molecule has 13 heteroatoms. The van der Waals surface area contributed by atoms with Crippen LogP contribution in [0.5, 0.6) is 0 Å². The quantitative estimate of drug-likeness (QED) is 0.0324. The first-order chi connectivity index (χ1) is 37.8. The van der Waals surface area contributed by atoms with Crippen LogP contribution in [0, 0.1) is 70.1 Å². The Balaban J connectivity index is 0.000000256. The number of hydrogen-bond donors (Lipinski definition) is 6. The lowest BCUT2D eigenvalue weighted by Gasteiger charge is -2.30. The van der Waals surface area contributed by atoms with E-state index >= 15 is 0 Å². The number of aryl methyl sites for hydroxylation is 5. The van der Waals surface area contributed by atoms with Crippen molar-refractivity contribution in [3.63, 3.8) is 0 Å². The zero-order valence-electron chi connectivity index (χ0n) is 48.2. The molecule has 3 fully saturated rings. The highest BCUT2D eigenvalue weighted by Gasteiger charge is 2.33. The first-order valence-corrected chi connectivity index (χ1v) is 29.9. The SMILES string of the molecule is Cc1cc(C)c(CNC[C@H]2CCCC[C@@H]2/C=C\CCCC(=O)O)c(C)c1.Cc1ccc(CNC[C@H]2CCCC[C@@H]2/C=C\CCCC(=O)O)c(C(F)(F)F)c1.Cc1ccc(CNC[C@H]2CCCC[C@@H]2/C=C\CCCC(=O)O)c(Cl)c1. The van der Waals surface area contributed by atoms with Crippen molar-refractivity contribution < 1.29 is 42.9 Å². The first-order valence-electron chi connectivity index (χ1n) is 29.6. The summed E-state index contributed by atoms with van der Waals surface area (Å²) in [5.74, 6) is 1.25. The van der Waals surface area contributed by atoms with Gasteiger partial charge >= 0.3 is 24.1 Å². The highest BCUT2D eigenvalue weighted by Crippen LogP contribution is 2.35. The van der Waals surface area contributed by atoms with Gasteiger partial charge in [0.1, 0.15) is 0 Å². The first kappa shape index (κ1) is 66.8. The van der Waals surface area contributed by atoms with E-state index in [0.717, 1.165) is 94.6 Å². The van der Waals surface area contributed by atoms with Crippen molar-refractivity contribution in [1.82, 2.24) is 16.0 Å². The van der Waals surface area contributed by atoms with E-state index in [1.165, 1.54) is 85.3 Å². The second kappa shape index (κ2) is 36.6. The van der Waals surface area contributed by atoms with E-state index < -0.39 is 29.6 Å². The third kappa shape index (κ3) is 26.6. The molecule has 79 heavy (non-hydrogen) atoms. The van der Waals surface area contributed by atoms with Crippen molar-refractivity contribution >= 4 is 29.5 Å². The van der Waals surface area contributed by atoms with Crippen LogP contribution in [0.1, 0.15) is 185 Å². The van der Waals surface area contributed by atoms with Gasteiger partial charge in [-0.15, -0.1) is 0 Å². The van der Waals surface area contributed by atoms with Crippen LogP contribution in [0.4, 0.5) is 13.2 Å². The largest absolute Gasteiger partial charge is 0.481 e. The summed E-state index contributed by atoms with van der Waals surface area (Å²) in [5, 5.41) is 37.4. The van der Waals surface area contributed by atoms with E-state index in [9.17, 15) is 27.6 Å². The van der Waals surface area contributed by atoms with Crippen LogP contribution in [0.25, 0.3) is 0 Å². The Kier molecular flexibility index (Phi) is 30.9. The lowest BCUT2D eigenvalue weighted by molar-refractivity contribution is -0.139. The molecule has 3 aliphatic carbocycles. The molecular formula is C66H95ClF3N3O6. The third-order valence-corrected chi connectivity index (χ3v) is 16.5. The number of aliphatic carboxylic acids is 3. The molecule has 0 saturated heterocycles. The Morgan fingerprint density at radius 1 is 0.519 bits per heavy atom. The molecule has 9 nitrogen and oxygen atoms in total. The fraction of sp³-hybridized carbons (Fsp3) is 0.591. The molecule has 0 heterocycles. The van der Waals surface area contributed by atoms with Crippen molar-refractivity contribution in [1.29, 1.82) is 0 Å². The molecule has 0 aliphatic heterocycles. The molecule has 0 aromatic heterocycles. The van der Waals surface area contributed by atoms with Gasteiger partial charge in [-0.2, -0.15) is 13.2 Å². The second-order valence-electron chi connectivity index (χ2n) is 22.8. The van der Waals surface area contributed by atoms with Crippen LogP contribution in [-0.4, -0.2) is 52.9 Å². The van der Waals surface area contributed by atoms with Crippen LogP contribution in [0.2, 0.25) is 5.02 Å². The molecule has 0 amide bonds. The van der Waals surface area contributed by atoms with E-state index in [0.29, 0.717) is 54.0 Å². The van der Waals surface area contributed by atoms with Gasteiger partial charge in [0.25, 0.3) is 0 Å². The Morgan fingerprint density at radius 2 is 0.886 bits per heavy atom. The van der Waals surface area contributed by atoms with Crippen LogP contribution < -0.4 is 16.0 Å². The van der Waals surface area contributed by atoms with Gasteiger partial charge in [-0.1, -0.05) is 134 Å². The number of alkyl halides is 3. The van der Waals surface area contributed by atoms with Crippen molar-refractivity contribution in [3.05, 3.63) is 140 Å². The maximum atomic E-state index is 13.3. The number of rotatable bonds is 27. The van der Waals surface area contributed by atoms with Gasteiger partial charge in [0, 0.05) is 43.9 Å². The number of carboxylic acids is 3. The highest BCUT2D eigenvalue weighted by atomic mass is 35.5. The number of carboxylic acid groups (broad SMARTS) is 3. The van der Waals surface area contributed by atoms with E-state index in [1.54, 1.807) is 19.1 Å². The molecule has 3 saturated carbocycles. The molecule has 6 atom stereocenters. The van der Waals surface area contributed by atoms with Crippen molar-refractivity contribution in [2.45, 2.75) is 195 Å². The lowest BCUT2D eigenvalue weighted by Crippen LogP contribution is -2.30. The number of benzene rings is 3. The smallest absolute Gasteiger partial charge is 0.416 e. The van der Waals surface area contributed by atoms with Crippen molar-refractivity contribution in [2.24, 2.45) is 35.5 Å². The summed E-state index contributed by atoms with van der Waals surface area (Å²) in [5.41, 5.74) is 8.22. The van der Waals surface area contributed by atoms with E-state index in [-0.39, 0.29) is 31.4 Å². The molecule has 0 bridgehead atoms. The Hall–Kier alpha value is -4.75. The summed E-state index contributed by atoms with van der Waals surface area (Å²) in [6, 6.07) is 15.3. The van der Waals surface area contributed by atoms with E-state index in [4.69, 9.17) is 26.9 Å². The number of hydrogen-bond acceptors (Lipinski definition) is 6. The predicted octanol–water partition coefficient (Wildman–Crippen LogP) is 16.4. The predicted molar refractivity (Wildman–Crippen MR) is 316 cm³/mol. The molecule has 438 valence electrons. The van der Waals surface area contributed by atoms with E-state index in [1.807, 2.05) is 6.07 Å². The standard InChI is InChI=1S/C23H35NO2.C22H30F3NO2.C21H30ClNO2/c1-17-13-18(2)22(19(3)14-17)16-24-15-21-11-8-7-10-20(21)9-5-4-6-12-23(25)26;1-16-11-12-19(20(13-16)22(23,24)25)15-26-14-18-9-6-5-8-17(18)7-3-2-4-10-21(27)28;1-16-11-12-19(20(22)13-16)15-23-14-18-9-6-5-8-17(18)7-3-2-4-10-21(24)25/h5,9,13-14,20-21,24H,4,6-8,10-12,15-16H2,1-3H3,(H,25,26);3,7,11-13,17-18,26H,2,4-6,8-10,14-15H2,1H3,(H,27,28);3,7,11-13,17-18,23H,2,4-6,8-10,14-15H2,1H3,(H,24,25)/b9-5-;2*7-3-/t20-,21+;2*17-,18+/m000/s1. The third-order valence-electron chi connectivity index (χ3n) is 16.1. The van der Waals surface area contributed by atoms with Gasteiger partial charge in [0.2, 0.25) is 0 Å². The monoisotopic (exact) mass is 1120 g/mol. The zero-order valence-corrected chi connectivity index (χ0v) is 49.0. The minimum atomic E-state index is -4.34. The van der Waals surface area contributed by atoms with Gasteiger partial charge < -0.3 is 31.3 Å². The number of unbranched alkanes of at least 4 members (excludes halogenated alkanes) is 3. The summed E-state index contributed by atoms with van der Waals surface area (Å²) in [6.45, 7) is 15.0. The average molecular weight is 1120 g/mol. The Bertz CT molecular complexity index is 2380. The summed E-state index contributed by atoms with van der Waals surface area (Å²) >= 11 is 6.31. The fourth-order valence-electron chi connectivity index (χ4n) is 11.7. The minimum Gasteiger partial charge on any atom is -0.481 e. The molecule has 0 radical (unpaired) electrons. The van der Waals surface area contributed by atoms with Crippen molar-refractivity contribution in [3.8, 4) is 0 Å². The maximum absolute atomic E-state index is 13.3. The molecular weight excluding hydrogens is 1020 g/mol. The number of nitrogens with one attached hydrogen (secondary N) is 3. The van der Waals surface area contributed by atoms with E-state index in [2.05, 4.69) is 104 Å². The van der Waals surface area contributed by atoms with Gasteiger partial charge in [-0.05, 0) is 212 Å². The second-order valence-corrected chi connectivity index (χ2v) is 23.2. The van der Waals surface area contributed by atoms with Gasteiger partial charge in [0.05, 0.1) is 5.56 Å². The number of halogens is 4. The molecule has 3 aromatic carbocycles. The Labute approximate surface area is 476 Å². The van der Waals surface area contributed by atoms with Crippen LogP contribution in [0.15, 0.2) is 85.0 Å². The minimum absolute atomic E-state index is 0.179. The topological polar surface area (TPSA) is 148 Å². The Morgan fingerprint density at radius 3 is 1.28 bits per heavy atom. The number of carbonyl (C=O) groups is 3. The zero-order chi connectivity index (χ0) is 57.6. The molecule has 0 unspecified atom stereocenters. The molecule has 0 spiro atoms. The summed E-state index contributed by atoms with van der Waals surface area (Å²) in [6.07, 6.45) is 29.1. The van der Waals surface area contributed by atoms with Crippen LogP contribution >= 0.6 is 11.6 Å². The number of allylic oxidation sites excluding steroid dienone is 6. The highest BCUT2D eigenvalue weighted by molar-refractivity contribution is 6.31. The molecule has 6 rings (SSSR count). The summed E-state index contributed by atoms with van der Waals surface area (Å²) in [4.78, 5) is 31.7. The average Bonchev–Trinajstić information content (AvgIpc) is 3.40. The normalized spacial score (nSPS) is 20.7. The fourth-order valence-corrected chi connectivity index (χ4v) is 12.0. The molecule has 6 N–H and O–H groups in total. The van der Waals surface area contributed by atoms with Crippen molar-refractivity contribution in [2.75, 3.05) is 19.6 Å². The summed E-state index contributed by atoms with van der Waals surface area (Å²) < 4.78 is 39.8. The van der Waals surface area contributed by atoms with Gasteiger partial charge in [-0.3, -0.25) is 14.4 Å². The van der Waals surface area contributed by atoms with Gasteiger partial charge in [-0.25, -0.2) is 0 Å². The lowest BCUT2D eigenvalue weighted by atomic mass is 9.79. The van der Waals surface area contributed by atoms with Crippen LogP contribution in [-0.2, 0) is 40.2 Å². The van der Waals surface area contributed by atoms with Gasteiger partial charge in [0.15, 0.2) is 0 Å². The summed E-state index contributed by atoms with van der Waals surface area (Å²) in [7, 11) is 0. The maximum Gasteiger partial charge on any atom is 0.416 e. The van der Waals surface area contributed by atoms with Crippen LogP contribution in [0.3, 0.4) is 0 Å². The molecule has 3 aromatic rings. The molecule has 3 aliphatic rings.